The number of hydrogen-bond acceptors (Lipinski definition) is 3. The predicted molar refractivity (Wildman–Crippen MR) is 56.0 cm³/mol. The molecule has 0 amide bonds. The zero-order chi connectivity index (χ0) is 10.3. The van der Waals surface area contributed by atoms with Gasteiger partial charge in [-0.3, -0.25) is 4.57 Å². The normalized spacial score (nSPS) is 11.4. The molecule has 0 aliphatic heterocycles. The lowest BCUT2D eigenvalue weighted by Crippen LogP contribution is -2.06. The summed E-state index contributed by atoms with van der Waals surface area (Å²) in [6.45, 7) is 7.75. The van der Waals surface area contributed by atoms with Crippen molar-refractivity contribution in [2.45, 2.75) is 33.9 Å². The third kappa shape index (κ3) is 1.01. The van der Waals surface area contributed by atoms with Crippen LogP contribution in [0.4, 0.5) is 5.95 Å². The molecular weight excluding hydrogens is 178 g/mol. The Hall–Kier alpha value is -1.52. The number of imidazole rings is 1. The van der Waals surface area contributed by atoms with Crippen LogP contribution in [-0.2, 0) is 13.1 Å². The van der Waals surface area contributed by atoms with Crippen molar-refractivity contribution < 1.29 is 0 Å². The SMILES string of the molecule is CCn1nc(C)c2nc(N)n(CC)c21. The molecule has 0 radical (unpaired) electrons. The molecule has 5 heteroatoms. The molecule has 14 heavy (non-hydrogen) atoms. The summed E-state index contributed by atoms with van der Waals surface area (Å²) in [6.07, 6.45) is 0. The van der Waals surface area contributed by atoms with E-state index in [2.05, 4.69) is 23.9 Å². The second kappa shape index (κ2) is 3.01. The van der Waals surface area contributed by atoms with Crippen molar-refractivity contribution in [2.75, 3.05) is 5.73 Å². The molecule has 0 unspecified atom stereocenters. The Morgan fingerprint density at radius 2 is 2.00 bits per heavy atom. The number of aryl methyl sites for hydroxylation is 3. The summed E-state index contributed by atoms with van der Waals surface area (Å²) in [7, 11) is 0. The van der Waals surface area contributed by atoms with Crippen LogP contribution in [0.25, 0.3) is 11.2 Å². The fraction of sp³-hybridized carbons (Fsp3) is 0.556. The molecule has 0 bridgehead atoms. The molecule has 76 valence electrons. The first kappa shape index (κ1) is 9.05. The van der Waals surface area contributed by atoms with Gasteiger partial charge in [0, 0.05) is 13.1 Å². The predicted octanol–water partition coefficient (Wildman–Crippen LogP) is 1.16. The number of anilines is 1. The minimum absolute atomic E-state index is 0.574. The van der Waals surface area contributed by atoms with Gasteiger partial charge in [-0.1, -0.05) is 0 Å². The van der Waals surface area contributed by atoms with E-state index in [0.29, 0.717) is 5.95 Å². The van der Waals surface area contributed by atoms with Crippen molar-refractivity contribution in [3.8, 4) is 0 Å². The van der Waals surface area contributed by atoms with E-state index in [1.54, 1.807) is 0 Å². The van der Waals surface area contributed by atoms with Crippen LogP contribution in [0.15, 0.2) is 0 Å². The number of fused-ring (bicyclic) bond motifs is 1. The highest BCUT2D eigenvalue weighted by Crippen LogP contribution is 2.20. The summed E-state index contributed by atoms with van der Waals surface area (Å²) >= 11 is 0. The second-order valence-electron chi connectivity index (χ2n) is 3.29. The summed E-state index contributed by atoms with van der Waals surface area (Å²) in [5.41, 5.74) is 8.71. The zero-order valence-electron chi connectivity index (χ0n) is 8.78. The maximum absolute atomic E-state index is 5.81. The van der Waals surface area contributed by atoms with Crippen LogP contribution < -0.4 is 5.73 Å². The van der Waals surface area contributed by atoms with Crippen LogP contribution in [0, 0.1) is 6.92 Å². The molecule has 0 spiro atoms. The Morgan fingerprint density at radius 1 is 1.29 bits per heavy atom. The number of hydrogen-bond donors (Lipinski definition) is 1. The molecule has 0 aromatic carbocycles. The first-order chi connectivity index (χ1) is 6.69. The lowest BCUT2D eigenvalue weighted by molar-refractivity contribution is 0.643. The average Bonchev–Trinajstić information content (AvgIpc) is 2.64. The minimum Gasteiger partial charge on any atom is -0.369 e. The van der Waals surface area contributed by atoms with E-state index in [4.69, 9.17) is 5.73 Å². The van der Waals surface area contributed by atoms with Gasteiger partial charge in [0.1, 0.15) is 5.52 Å². The lowest BCUT2D eigenvalue weighted by Gasteiger charge is -2.03. The Bertz CT molecular complexity index is 465. The van der Waals surface area contributed by atoms with Crippen molar-refractivity contribution in [1.29, 1.82) is 0 Å². The first-order valence-corrected chi connectivity index (χ1v) is 4.88. The zero-order valence-corrected chi connectivity index (χ0v) is 8.78. The van der Waals surface area contributed by atoms with E-state index in [0.717, 1.165) is 29.9 Å². The molecule has 0 aliphatic rings. The molecule has 0 saturated heterocycles. The van der Waals surface area contributed by atoms with E-state index in [-0.39, 0.29) is 0 Å². The summed E-state index contributed by atoms with van der Waals surface area (Å²) in [5, 5.41) is 4.40. The van der Waals surface area contributed by atoms with Crippen molar-refractivity contribution in [2.24, 2.45) is 0 Å². The fourth-order valence-corrected chi connectivity index (χ4v) is 1.77. The van der Waals surface area contributed by atoms with Gasteiger partial charge >= 0.3 is 0 Å². The van der Waals surface area contributed by atoms with Gasteiger partial charge in [0.15, 0.2) is 5.65 Å². The third-order valence-electron chi connectivity index (χ3n) is 2.44. The van der Waals surface area contributed by atoms with E-state index < -0.39 is 0 Å². The number of rotatable bonds is 2. The Kier molecular flexibility index (Phi) is 1.94. The summed E-state index contributed by atoms with van der Waals surface area (Å²) in [4.78, 5) is 4.31. The largest absolute Gasteiger partial charge is 0.369 e. The molecule has 0 aliphatic carbocycles. The van der Waals surface area contributed by atoms with Crippen molar-refractivity contribution in [1.82, 2.24) is 19.3 Å². The van der Waals surface area contributed by atoms with Gasteiger partial charge in [-0.05, 0) is 20.8 Å². The van der Waals surface area contributed by atoms with Crippen molar-refractivity contribution >= 4 is 17.1 Å². The molecular formula is C9H15N5. The van der Waals surface area contributed by atoms with E-state index >= 15 is 0 Å². The summed E-state index contributed by atoms with van der Waals surface area (Å²) in [6, 6.07) is 0. The molecule has 0 saturated carbocycles. The summed E-state index contributed by atoms with van der Waals surface area (Å²) < 4.78 is 3.93. The van der Waals surface area contributed by atoms with Gasteiger partial charge in [0.05, 0.1) is 5.69 Å². The summed E-state index contributed by atoms with van der Waals surface area (Å²) in [5.74, 6) is 0.574. The molecule has 2 N–H and O–H groups in total. The third-order valence-corrected chi connectivity index (χ3v) is 2.44. The topological polar surface area (TPSA) is 61.7 Å². The quantitative estimate of drug-likeness (QED) is 0.778. The van der Waals surface area contributed by atoms with Gasteiger partial charge in [-0.15, -0.1) is 0 Å². The standard InChI is InChI=1S/C9H15N5/c1-4-13-8-7(11-9(13)10)6(3)12-14(8)5-2/h4-5H2,1-3H3,(H2,10,11). The highest BCUT2D eigenvalue weighted by atomic mass is 15.4. The van der Waals surface area contributed by atoms with Crippen LogP contribution in [-0.4, -0.2) is 19.3 Å². The van der Waals surface area contributed by atoms with Crippen LogP contribution in [0.3, 0.4) is 0 Å². The number of nitrogens with zero attached hydrogens (tertiary/aromatic N) is 4. The Labute approximate surface area is 82.5 Å². The monoisotopic (exact) mass is 193 g/mol. The molecule has 2 aromatic heterocycles. The van der Waals surface area contributed by atoms with Crippen molar-refractivity contribution in [3.05, 3.63) is 5.69 Å². The lowest BCUT2D eigenvalue weighted by atomic mass is 10.4. The van der Waals surface area contributed by atoms with Crippen LogP contribution in [0.5, 0.6) is 0 Å². The van der Waals surface area contributed by atoms with Gasteiger partial charge in [0.25, 0.3) is 0 Å². The smallest absolute Gasteiger partial charge is 0.202 e. The Morgan fingerprint density at radius 3 is 2.57 bits per heavy atom. The highest BCUT2D eigenvalue weighted by Gasteiger charge is 2.14. The minimum atomic E-state index is 0.574. The molecule has 0 fully saturated rings. The molecule has 0 atom stereocenters. The molecule has 2 aromatic rings. The van der Waals surface area contributed by atoms with Crippen LogP contribution >= 0.6 is 0 Å². The average molecular weight is 193 g/mol. The van der Waals surface area contributed by atoms with Crippen LogP contribution in [0.1, 0.15) is 19.5 Å². The number of nitrogens with two attached hydrogens (primary N) is 1. The highest BCUT2D eigenvalue weighted by molar-refractivity contribution is 5.77. The van der Waals surface area contributed by atoms with Gasteiger partial charge in [0.2, 0.25) is 5.95 Å². The van der Waals surface area contributed by atoms with Gasteiger partial charge in [-0.25, -0.2) is 9.67 Å². The maximum atomic E-state index is 5.81. The number of nitrogen functional groups attached to an aromatic ring is 1. The Balaban J connectivity index is 2.83. The van der Waals surface area contributed by atoms with Crippen LogP contribution in [0.2, 0.25) is 0 Å². The number of aromatic nitrogens is 4. The fourth-order valence-electron chi connectivity index (χ4n) is 1.77. The maximum Gasteiger partial charge on any atom is 0.202 e. The van der Waals surface area contributed by atoms with Gasteiger partial charge in [-0.2, -0.15) is 5.10 Å². The second-order valence-corrected chi connectivity index (χ2v) is 3.29. The van der Waals surface area contributed by atoms with Crippen molar-refractivity contribution in [3.63, 3.8) is 0 Å². The van der Waals surface area contributed by atoms with E-state index in [1.165, 1.54) is 0 Å². The van der Waals surface area contributed by atoms with E-state index in [9.17, 15) is 0 Å². The molecule has 2 rings (SSSR count). The van der Waals surface area contributed by atoms with E-state index in [1.807, 2.05) is 16.2 Å². The van der Waals surface area contributed by atoms with Gasteiger partial charge < -0.3 is 5.73 Å². The molecule has 5 nitrogen and oxygen atoms in total. The molecule has 2 heterocycles. The first-order valence-electron chi connectivity index (χ1n) is 4.88.